The zero-order valence-electron chi connectivity index (χ0n) is 6.07. The van der Waals surface area contributed by atoms with E-state index in [-0.39, 0.29) is 0 Å². The Bertz CT molecular complexity index is 233. The van der Waals surface area contributed by atoms with Crippen LogP contribution in [0.25, 0.3) is 0 Å². The van der Waals surface area contributed by atoms with Gasteiger partial charge in [-0.3, -0.25) is 9.78 Å². The first-order valence-corrected chi connectivity index (χ1v) is 3.09. The van der Waals surface area contributed by atoms with Gasteiger partial charge in [0.1, 0.15) is 0 Å². The molecule has 0 aromatic carbocycles. The molecule has 1 aromatic rings. The Morgan fingerprint density at radius 1 is 1.64 bits per heavy atom. The van der Waals surface area contributed by atoms with Gasteiger partial charge in [-0.1, -0.05) is 6.07 Å². The average molecular weight is 149 g/mol. The van der Waals surface area contributed by atoms with E-state index in [1.54, 1.807) is 24.4 Å². The van der Waals surface area contributed by atoms with Crippen LogP contribution in [0.15, 0.2) is 24.4 Å². The van der Waals surface area contributed by atoms with Gasteiger partial charge < -0.3 is 4.74 Å². The fraction of sp³-hybridized carbons (Fsp3) is 0.125. The van der Waals surface area contributed by atoms with E-state index in [9.17, 15) is 4.79 Å². The molecular weight excluding hydrogens is 142 g/mol. The molecule has 0 saturated carbocycles. The predicted octanol–water partition coefficient (Wildman–Crippen LogP) is 0.684. The molecule has 0 spiro atoms. The van der Waals surface area contributed by atoms with Gasteiger partial charge >= 0.3 is 5.97 Å². The Morgan fingerprint density at radius 3 is 3.00 bits per heavy atom. The number of carbonyl (C=O) groups is 1. The number of methoxy groups -OCH3 is 1. The average Bonchev–Trinajstić information content (AvgIpc) is 2.06. The third-order valence-electron chi connectivity index (χ3n) is 1.08. The highest BCUT2D eigenvalue weighted by atomic mass is 16.5. The number of carbonyl (C=O) groups excluding carboxylic acids is 1. The Morgan fingerprint density at radius 2 is 2.45 bits per heavy atom. The van der Waals surface area contributed by atoms with Crippen molar-refractivity contribution in [3.63, 3.8) is 0 Å². The van der Waals surface area contributed by atoms with Gasteiger partial charge in [0.15, 0.2) is 6.42 Å². The van der Waals surface area contributed by atoms with Gasteiger partial charge in [0.25, 0.3) is 0 Å². The van der Waals surface area contributed by atoms with Crippen LogP contribution in [-0.2, 0) is 9.53 Å². The molecule has 0 aliphatic heterocycles. The Labute approximate surface area is 65.0 Å². The molecular formula is C8H7NO2. The molecule has 0 fully saturated rings. The third kappa shape index (κ3) is 2.37. The van der Waals surface area contributed by atoms with Gasteiger partial charge in [0.05, 0.1) is 12.8 Å². The summed E-state index contributed by atoms with van der Waals surface area (Å²) in [7, 11) is 1.30. The first kappa shape index (κ1) is 7.72. The minimum absolute atomic E-state index is 0.486. The summed E-state index contributed by atoms with van der Waals surface area (Å²) in [5.41, 5.74) is 0.486. The summed E-state index contributed by atoms with van der Waals surface area (Å²) in [6.45, 7) is 0. The summed E-state index contributed by atoms with van der Waals surface area (Å²) in [5.74, 6) is -0.510. The molecule has 0 saturated heterocycles. The van der Waals surface area contributed by atoms with Crippen molar-refractivity contribution in [2.45, 2.75) is 0 Å². The summed E-state index contributed by atoms with van der Waals surface area (Å²) in [6, 6.07) is 5.22. The lowest BCUT2D eigenvalue weighted by Crippen LogP contribution is -2.02. The van der Waals surface area contributed by atoms with Crippen molar-refractivity contribution in [3.8, 4) is 0 Å². The van der Waals surface area contributed by atoms with Crippen LogP contribution in [0, 0.1) is 6.42 Å². The van der Waals surface area contributed by atoms with Crippen LogP contribution in [0.2, 0.25) is 0 Å². The number of pyridine rings is 1. The third-order valence-corrected chi connectivity index (χ3v) is 1.08. The van der Waals surface area contributed by atoms with Gasteiger partial charge in [-0.05, 0) is 12.1 Å². The van der Waals surface area contributed by atoms with Crippen molar-refractivity contribution >= 4 is 5.97 Å². The van der Waals surface area contributed by atoms with E-state index in [1.807, 2.05) is 0 Å². The monoisotopic (exact) mass is 149 g/mol. The minimum Gasteiger partial charge on any atom is -0.468 e. The smallest absolute Gasteiger partial charge is 0.321 e. The Balaban J connectivity index is 2.58. The SMILES string of the molecule is COC(=O)[C]c1ccccn1. The van der Waals surface area contributed by atoms with E-state index >= 15 is 0 Å². The van der Waals surface area contributed by atoms with E-state index in [4.69, 9.17) is 0 Å². The molecule has 3 heteroatoms. The van der Waals surface area contributed by atoms with E-state index in [2.05, 4.69) is 16.1 Å². The zero-order chi connectivity index (χ0) is 8.10. The maximum atomic E-state index is 10.6. The molecule has 0 atom stereocenters. The van der Waals surface area contributed by atoms with Crippen molar-refractivity contribution in [2.24, 2.45) is 0 Å². The topological polar surface area (TPSA) is 39.2 Å². The molecule has 11 heavy (non-hydrogen) atoms. The number of hydrogen-bond acceptors (Lipinski definition) is 3. The summed E-state index contributed by atoms with van der Waals surface area (Å²) in [6.07, 6.45) is 4.01. The van der Waals surface area contributed by atoms with Crippen LogP contribution < -0.4 is 0 Å². The molecule has 1 heterocycles. The largest absolute Gasteiger partial charge is 0.468 e. The normalized spacial score (nSPS) is 9.18. The number of nitrogens with zero attached hydrogens (tertiary/aromatic N) is 1. The lowest BCUT2D eigenvalue weighted by atomic mass is 10.3. The van der Waals surface area contributed by atoms with Crippen molar-refractivity contribution in [1.29, 1.82) is 0 Å². The number of hydrogen-bond donors (Lipinski definition) is 0. The molecule has 2 radical (unpaired) electrons. The van der Waals surface area contributed by atoms with Crippen molar-refractivity contribution in [1.82, 2.24) is 4.98 Å². The standard InChI is InChI=1S/C8H7NO2/c1-11-8(10)6-7-4-2-3-5-9-7/h2-5H,1H3. The molecule has 0 unspecified atom stereocenters. The maximum absolute atomic E-state index is 10.6. The lowest BCUT2D eigenvalue weighted by Gasteiger charge is -1.95. The Hall–Kier alpha value is -1.38. The van der Waals surface area contributed by atoms with Crippen LogP contribution in [-0.4, -0.2) is 18.1 Å². The lowest BCUT2D eigenvalue weighted by molar-refractivity contribution is -0.136. The van der Waals surface area contributed by atoms with Crippen LogP contribution in [0.1, 0.15) is 5.69 Å². The van der Waals surface area contributed by atoms with Gasteiger partial charge in [0.2, 0.25) is 0 Å². The molecule has 1 aromatic heterocycles. The second-order valence-corrected chi connectivity index (χ2v) is 1.83. The minimum atomic E-state index is -0.510. The molecule has 0 amide bonds. The van der Waals surface area contributed by atoms with E-state index in [0.717, 1.165) is 0 Å². The molecule has 1 rings (SSSR count). The molecule has 0 bridgehead atoms. The van der Waals surface area contributed by atoms with Gasteiger partial charge in [0, 0.05) is 6.20 Å². The maximum Gasteiger partial charge on any atom is 0.321 e. The number of rotatable bonds is 2. The van der Waals surface area contributed by atoms with Crippen molar-refractivity contribution in [3.05, 3.63) is 36.5 Å². The van der Waals surface area contributed by atoms with Crippen molar-refractivity contribution < 1.29 is 9.53 Å². The summed E-state index contributed by atoms with van der Waals surface area (Å²) < 4.78 is 4.36. The highest BCUT2D eigenvalue weighted by Gasteiger charge is 2.03. The second kappa shape index (κ2) is 3.71. The zero-order valence-corrected chi connectivity index (χ0v) is 6.07. The molecule has 0 aliphatic rings. The summed E-state index contributed by atoms with van der Waals surface area (Å²) in [5, 5.41) is 0. The fourth-order valence-corrected chi connectivity index (χ4v) is 0.592. The molecule has 0 N–H and O–H groups in total. The van der Waals surface area contributed by atoms with E-state index in [0.29, 0.717) is 5.69 Å². The van der Waals surface area contributed by atoms with Crippen LogP contribution in [0.5, 0.6) is 0 Å². The molecule has 56 valence electrons. The predicted molar refractivity (Wildman–Crippen MR) is 38.6 cm³/mol. The summed E-state index contributed by atoms with van der Waals surface area (Å²) in [4.78, 5) is 14.5. The van der Waals surface area contributed by atoms with E-state index in [1.165, 1.54) is 7.11 Å². The second-order valence-electron chi connectivity index (χ2n) is 1.83. The number of ether oxygens (including phenoxy) is 1. The fourth-order valence-electron chi connectivity index (χ4n) is 0.592. The first-order valence-electron chi connectivity index (χ1n) is 3.09. The van der Waals surface area contributed by atoms with Crippen LogP contribution in [0.3, 0.4) is 0 Å². The van der Waals surface area contributed by atoms with Crippen LogP contribution >= 0.6 is 0 Å². The van der Waals surface area contributed by atoms with Crippen molar-refractivity contribution in [2.75, 3.05) is 7.11 Å². The number of esters is 1. The molecule has 0 aliphatic carbocycles. The highest BCUT2D eigenvalue weighted by molar-refractivity contribution is 5.82. The van der Waals surface area contributed by atoms with Crippen LogP contribution in [0.4, 0.5) is 0 Å². The Kier molecular flexibility index (Phi) is 2.60. The highest BCUT2D eigenvalue weighted by Crippen LogP contribution is 1.97. The number of aromatic nitrogens is 1. The molecule has 3 nitrogen and oxygen atoms in total. The first-order chi connectivity index (χ1) is 5.33. The summed E-state index contributed by atoms with van der Waals surface area (Å²) >= 11 is 0. The van der Waals surface area contributed by atoms with Gasteiger partial charge in [-0.2, -0.15) is 0 Å². The quantitative estimate of drug-likeness (QED) is 0.580. The van der Waals surface area contributed by atoms with E-state index < -0.39 is 5.97 Å². The van der Waals surface area contributed by atoms with Gasteiger partial charge in [-0.25, -0.2) is 0 Å². The van der Waals surface area contributed by atoms with Gasteiger partial charge in [-0.15, -0.1) is 0 Å².